The van der Waals surface area contributed by atoms with Gasteiger partial charge in [-0.15, -0.1) is 0 Å². The van der Waals surface area contributed by atoms with Crippen LogP contribution >= 0.6 is 0 Å². The van der Waals surface area contributed by atoms with E-state index in [9.17, 15) is 4.79 Å². The largest absolute Gasteiger partial charge is 0.497 e. The predicted molar refractivity (Wildman–Crippen MR) is 80.7 cm³/mol. The zero-order valence-electron chi connectivity index (χ0n) is 11.4. The van der Waals surface area contributed by atoms with Crippen LogP contribution in [-0.4, -0.2) is 23.2 Å². The van der Waals surface area contributed by atoms with Gasteiger partial charge in [0.1, 0.15) is 5.75 Å². The second-order valence-corrected chi connectivity index (χ2v) is 4.67. The number of aromatic carboxylic acids is 1. The smallest absolute Gasteiger partial charge is 0.337 e. The maximum atomic E-state index is 10.8. The van der Waals surface area contributed by atoms with Crippen LogP contribution in [0.4, 0.5) is 0 Å². The fourth-order valence-corrected chi connectivity index (χ4v) is 2.20. The number of aromatic nitrogens is 1. The molecule has 0 aliphatic heterocycles. The van der Waals surface area contributed by atoms with Gasteiger partial charge in [-0.05, 0) is 41.1 Å². The molecule has 0 spiro atoms. The molecule has 3 rings (SSSR count). The van der Waals surface area contributed by atoms with Crippen LogP contribution in [0.5, 0.6) is 5.75 Å². The maximum Gasteiger partial charge on any atom is 0.337 e. The van der Waals surface area contributed by atoms with Crippen LogP contribution in [0, 0.1) is 0 Å². The highest BCUT2D eigenvalue weighted by Crippen LogP contribution is 2.26. The second-order valence-electron chi connectivity index (χ2n) is 4.67. The molecule has 21 heavy (non-hydrogen) atoms. The molecule has 4 heteroatoms. The Morgan fingerprint density at radius 3 is 2.48 bits per heavy atom. The van der Waals surface area contributed by atoms with E-state index >= 15 is 0 Å². The number of carboxylic acids is 1. The van der Waals surface area contributed by atoms with Gasteiger partial charge >= 0.3 is 5.97 Å². The Balaban J connectivity index is 2.02. The first-order valence-electron chi connectivity index (χ1n) is 6.45. The van der Waals surface area contributed by atoms with Gasteiger partial charge in [-0.1, -0.05) is 18.2 Å². The molecule has 0 amide bonds. The number of carbonyl (C=O) groups is 1. The first kappa shape index (κ1) is 13.1. The van der Waals surface area contributed by atoms with Crippen molar-refractivity contribution in [3.8, 4) is 17.0 Å². The Bertz CT molecular complexity index is 810. The van der Waals surface area contributed by atoms with E-state index in [0.29, 0.717) is 0 Å². The van der Waals surface area contributed by atoms with Crippen molar-refractivity contribution in [1.82, 2.24) is 4.98 Å². The number of rotatable bonds is 3. The summed E-state index contributed by atoms with van der Waals surface area (Å²) in [4.78, 5) is 15.0. The molecule has 1 aromatic heterocycles. The first-order valence-corrected chi connectivity index (χ1v) is 6.45. The molecule has 104 valence electrons. The average Bonchev–Trinajstić information content (AvgIpc) is 2.54. The molecule has 1 heterocycles. The fourth-order valence-electron chi connectivity index (χ4n) is 2.20. The Morgan fingerprint density at radius 2 is 1.81 bits per heavy atom. The van der Waals surface area contributed by atoms with E-state index in [1.165, 1.54) is 6.20 Å². The minimum atomic E-state index is -0.973. The summed E-state index contributed by atoms with van der Waals surface area (Å²) in [6.07, 6.45) is 1.37. The third kappa shape index (κ3) is 2.56. The molecule has 3 aromatic rings. The zero-order valence-corrected chi connectivity index (χ0v) is 11.4. The number of nitrogens with zero attached hydrogens (tertiary/aromatic N) is 1. The van der Waals surface area contributed by atoms with Crippen LogP contribution in [0.15, 0.2) is 54.7 Å². The molecule has 0 fully saturated rings. The van der Waals surface area contributed by atoms with Crippen LogP contribution in [-0.2, 0) is 0 Å². The number of benzene rings is 2. The summed E-state index contributed by atoms with van der Waals surface area (Å²) in [7, 11) is 1.64. The summed E-state index contributed by atoms with van der Waals surface area (Å²) in [5.74, 6) is -0.154. The maximum absolute atomic E-state index is 10.8. The lowest BCUT2D eigenvalue weighted by Gasteiger charge is -2.06. The number of hydrogen-bond donors (Lipinski definition) is 1. The summed E-state index contributed by atoms with van der Waals surface area (Å²) in [5.41, 5.74) is 1.88. The van der Waals surface area contributed by atoms with Crippen LogP contribution in [0.2, 0.25) is 0 Å². The van der Waals surface area contributed by atoms with Gasteiger partial charge in [-0.2, -0.15) is 0 Å². The van der Waals surface area contributed by atoms with Crippen molar-refractivity contribution in [2.75, 3.05) is 7.11 Å². The minimum absolute atomic E-state index is 0.185. The minimum Gasteiger partial charge on any atom is -0.497 e. The highest BCUT2D eigenvalue weighted by atomic mass is 16.5. The molecule has 0 radical (unpaired) electrons. The van der Waals surface area contributed by atoms with E-state index in [4.69, 9.17) is 9.84 Å². The Hall–Kier alpha value is -2.88. The number of pyridine rings is 1. The van der Waals surface area contributed by atoms with Crippen LogP contribution in [0.25, 0.3) is 22.0 Å². The highest BCUT2D eigenvalue weighted by Gasteiger charge is 2.05. The van der Waals surface area contributed by atoms with Crippen molar-refractivity contribution in [3.05, 3.63) is 60.3 Å². The Morgan fingerprint density at radius 1 is 1.05 bits per heavy atom. The molecular formula is C17H13NO3. The molecule has 0 aliphatic rings. The summed E-state index contributed by atoms with van der Waals surface area (Å²) < 4.78 is 5.20. The van der Waals surface area contributed by atoms with Gasteiger partial charge in [0.05, 0.1) is 18.4 Å². The number of methoxy groups -OCH3 is 1. The van der Waals surface area contributed by atoms with Gasteiger partial charge in [0.2, 0.25) is 0 Å². The molecule has 0 aliphatic carbocycles. The molecule has 0 unspecified atom stereocenters. The molecule has 1 N–H and O–H groups in total. The van der Waals surface area contributed by atoms with Crippen molar-refractivity contribution in [2.45, 2.75) is 0 Å². The number of ether oxygens (including phenoxy) is 1. The lowest BCUT2D eigenvalue weighted by molar-refractivity contribution is 0.0696. The van der Waals surface area contributed by atoms with E-state index < -0.39 is 5.97 Å². The van der Waals surface area contributed by atoms with Crippen molar-refractivity contribution < 1.29 is 14.6 Å². The first-order chi connectivity index (χ1) is 10.2. The fraction of sp³-hybridized carbons (Fsp3) is 0.0588. The van der Waals surface area contributed by atoms with Crippen LogP contribution < -0.4 is 4.74 Å². The number of hydrogen-bond acceptors (Lipinski definition) is 3. The van der Waals surface area contributed by atoms with E-state index in [0.717, 1.165) is 27.8 Å². The number of fused-ring (bicyclic) bond motifs is 1. The standard InChI is InChI=1S/C17H13NO3/c1-21-15-6-4-11-8-13(3-2-12(11)9-15)16-7-5-14(10-18-16)17(19)20/h2-10H,1H3,(H,19,20). The van der Waals surface area contributed by atoms with Gasteiger partial charge in [0, 0.05) is 11.8 Å². The summed E-state index contributed by atoms with van der Waals surface area (Å²) in [6, 6.07) is 15.1. The van der Waals surface area contributed by atoms with Gasteiger partial charge in [0.25, 0.3) is 0 Å². The third-order valence-corrected chi connectivity index (χ3v) is 3.35. The molecular weight excluding hydrogens is 266 g/mol. The van der Waals surface area contributed by atoms with Gasteiger partial charge in [-0.3, -0.25) is 4.98 Å². The monoisotopic (exact) mass is 279 g/mol. The van der Waals surface area contributed by atoms with Crippen molar-refractivity contribution >= 4 is 16.7 Å². The summed E-state index contributed by atoms with van der Waals surface area (Å²) in [5, 5.41) is 11.0. The van der Waals surface area contributed by atoms with Crippen molar-refractivity contribution in [2.24, 2.45) is 0 Å². The lowest BCUT2D eigenvalue weighted by atomic mass is 10.0. The molecule has 2 aromatic carbocycles. The summed E-state index contributed by atoms with van der Waals surface area (Å²) in [6.45, 7) is 0. The third-order valence-electron chi connectivity index (χ3n) is 3.35. The van der Waals surface area contributed by atoms with Gasteiger partial charge < -0.3 is 9.84 Å². The van der Waals surface area contributed by atoms with E-state index in [1.807, 2.05) is 36.4 Å². The number of carboxylic acid groups (broad SMARTS) is 1. The van der Waals surface area contributed by atoms with Crippen LogP contribution in [0.3, 0.4) is 0 Å². The van der Waals surface area contributed by atoms with Crippen LogP contribution in [0.1, 0.15) is 10.4 Å². The van der Waals surface area contributed by atoms with E-state index in [-0.39, 0.29) is 5.56 Å². The normalized spacial score (nSPS) is 10.5. The lowest BCUT2D eigenvalue weighted by Crippen LogP contribution is -1.97. The highest BCUT2D eigenvalue weighted by molar-refractivity contribution is 5.89. The molecule has 0 saturated heterocycles. The Kier molecular flexibility index (Phi) is 3.28. The predicted octanol–water partition coefficient (Wildman–Crippen LogP) is 3.61. The molecule has 4 nitrogen and oxygen atoms in total. The van der Waals surface area contributed by atoms with Crippen molar-refractivity contribution in [3.63, 3.8) is 0 Å². The van der Waals surface area contributed by atoms with Crippen molar-refractivity contribution in [1.29, 1.82) is 0 Å². The quantitative estimate of drug-likeness (QED) is 0.795. The molecule has 0 atom stereocenters. The topological polar surface area (TPSA) is 59.4 Å². The van der Waals surface area contributed by atoms with Gasteiger partial charge in [-0.25, -0.2) is 4.79 Å². The van der Waals surface area contributed by atoms with E-state index in [1.54, 1.807) is 19.2 Å². The molecule has 0 saturated carbocycles. The second kappa shape index (κ2) is 5.25. The molecule has 0 bridgehead atoms. The zero-order chi connectivity index (χ0) is 14.8. The Labute approximate surface area is 121 Å². The average molecular weight is 279 g/mol. The summed E-state index contributed by atoms with van der Waals surface area (Å²) >= 11 is 0. The van der Waals surface area contributed by atoms with Gasteiger partial charge in [0.15, 0.2) is 0 Å². The SMILES string of the molecule is COc1ccc2cc(-c3ccc(C(=O)O)cn3)ccc2c1. The van der Waals surface area contributed by atoms with E-state index in [2.05, 4.69) is 4.98 Å².